The van der Waals surface area contributed by atoms with Gasteiger partial charge in [-0.25, -0.2) is 8.42 Å². The lowest BCUT2D eigenvalue weighted by molar-refractivity contribution is 0.0606. The van der Waals surface area contributed by atoms with E-state index in [1.165, 1.54) is 4.52 Å². The minimum absolute atomic E-state index is 0.185. The zero-order chi connectivity index (χ0) is 23.2. The summed E-state index contributed by atoms with van der Waals surface area (Å²) in [4.78, 5) is 31.3. The standard InChI is InChI=1S/C22H27N5O4S/c1-13-8-7-9-16(25-32(4,30)31)20(13)22(29)26-11-6-5-10-18(26)17-12-19-23-15(3)14(2)21(28)27(19)24-17/h7-9,12,18,23,25H,5-6,10-11H2,1-4H3/t18-/m0/s1. The van der Waals surface area contributed by atoms with Crippen molar-refractivity contribution in [2.75, 3.05) is 17.5 Å². The molecule has 1 aliphatic rings. The number of benzene rings is 1. The first-order valence-electron chi connectivity index (χ1n) is 10.5. The molecule has 4 rings (SSSR count). The molecule has 170 valence electrons. The first kappa shape index (κ1) is 22.1. The lowest BCUT2D eigenvalue weighted by Gasteiger charge is -2.35. The number of amides is 1. The summed E-state index contributed by atoms with van der Waals surface area (Å²) in [6, 6.07) is 6.60. The van der Waals surface area contributed by atoms with Crippen molar-refractivity contribution in [3.63, 3.8) is 0 Å². The first-order valence-corrected chi connectivity index (χ1v) is 12.4. The second-order valence-electron chi connectivity index (χ2n) is 8.43. The normalized spacial score (nSPS) is 17.0. The Bertz CT molecular complexity index is 1370. The van der Waals surface area contributed by atoms with Gasteiger partial charge in [0.2, 0.25) is 10.0 Å². The number of nitrogens with one attached hydrogen (secondary N) is 2. The Morgan fingerprint density at radius 3 is 2.69 bits per heavy atom. The van der Waals surface area contributed by atoms with E-state index >= 15 is 0 Å². The highest BCUT2D eigenvalue weighted by atomic mass is 32.2. The van der Waals surface area contributed by atoms with Gasteiger partial charge in [-0.2, -0.15) is 9.61 Å². The van der Waals surface area contributed by atoms with Crippen LogP contribution in [0.3, 0.4) is 0 Å². The summed E-state index contributed by atoms with van der Waals surface area (Å²) in [5, 5.41) is 4.54. The number of rotatable bonds is 4. The van der Waals surface area contributed by atoms with E-state index in [1.807, 2.05) is 13.0 Å². The fourth-order valence-electron chi connectivity index (χ4n) is 4.27. The third kappa shape index (κ3) is 4.02. The molecule has 1 aromatic carbocycles. The minimum Gasteiger partial charge on any atom is -0.343 e. The van der Waals surface area contributed by atoms with Gasteiger partial charge in [-0.1, -0.05) is 12.1 Å². The number of hydrogen-bond acceptors (Lipinski definition) is 5. The van der Waals surface area contributed by atoms with Gasteiger partial charge in [0, 0.05) is 23.9 Å². The number of piperidine rings is 1. The number of aromatic nitrogens is 3. The summed E-state index contributed by atoms with van der Waals surface area (Å²) in [6.07, 6.45) is 3.54. The zero-order valence-corrected chi connectivity index (χ0v) is 19.4. The van der Waals surface area contributed by atoms with Crippen LogP contribution >= 0.6 is 0 Å². The number of fused-ring (bicyclic) bond motifs is 1. The summed E-state index contributed by atoms with van der Waals surface area (Å²) < 4.78 is 27.5. The predicted molar refractivity (Wildman–Crippen MR) is 123 cm³/mol. The SMILES string of the molecule is Cc1cccc(NS(C)(=O)=O)c1C(=O)N1CCCC[C@H]1c1cc2[nH]c(C)c(C)c(=O)n2n1. The summed E-state index contributed by atoms with van der Waals surface area (Å²) in [6.45, 7) is 5.90. The molecule has 1 saturated heterocycles. The fraction of sp³-hybridized carbons (Fsp3) is 0.409. The number of carbonyl (C=O) groups excluding carboxylic acids is 1. The summed E-state index contributed by atoms with van der Waals surface area (Å²) in [5.74, 6) is -0.255. The van der Waals surface area contributed by atoms with Gasteiger partial charge in [-0.05, 0) is 51.7 Å². The predicted octanol–water partition coefficient (Wildman–Crippen LogP) is 2.69. The average molecular weight is 458 g/mol. The highest BCUT2D eigenvalue weighted by molar-refractivity contribution is 7.92. The second-order valence-corrected chi connectivity index (χ2v) is 10.2. The van der Waals surface area contributed by atoms with Crippen molar-refractivity contribution in [1.29, 1.82) is 0 Å². The topological polar surface area (TPSA) is 117 Å². The third-order valence-corrected chi connectivity index (χ3v) is 6.60. The van der Waals surface area contributed by atoms with Crippen LogP contribution < -0.4 is 10.3 Å². The van der Waals surface area contributed by atoms with E-state index in [4.69, 9.17) is 0 Å². The van der Waals surface area contributed by atoms with Gasteiger partial charge in [0.25, 0.3) is 11.5 Å². The minimum atomic E-state index is -3.55. The molecular formula is C22H27N5O4S. The van der Waals surface area contributed by atoms with Crippen LogP contribution in [0.1, 0.15) is 58.2 Å². The van der Waals surface area contributed by atoms with E-state index in [9.17, 15) is 18.0 Å². The van der Waals surface area contributed by atoms with Crippen LogP contribution in [0.4, 0.5) is 5.69 Å². The van der Waals surface area contributed by atoms with Gasteiger partial charge in [-0.15, -0.1) is 0 Å². The number of H-pyrrole nitrogens is 1. The molecule has 3 heterocycles. The number of likely N-dealkylation sites (tertiary alicyclic amines) is 1. The molecule has 10 heteroatoms. The van der Waals surface area contributed by atoms with Crippen molar-refractivity contribution in [3.8, 4) is 0 Å². The van der Waals surface area contributed by atoms with Crippen molar-refractivity contribution < 1.29 is 13.2 Å². The van der Waals surface area contributed by atoms with Crippen LogP contribution in [-0.2, 0) is 10.0 Å². The van der Waals surface area contributed by atoms with Gasteiger partial charge in [0.05, 0.1) is 29.2 Å². The number of aromatic amines is 1. The Kier molecular flexibility index (Phi) is 5.58. The van der Waals surface area contributed by atoms with Gasteiger partial charge >= 0.3 is 0 Å². The number of carbonyl (C=O) groups is 1. The molecule has 0 saturated carbocycles. The molecule has 0 spiro atoms. The molecule has 0 unspecified atom stereocenters. The fourth-order valence-corrected chi connectivity index (χ4v) is 4.84. The number of sulfonamides is 1. The highest BCUT2D eigenvalue weighted by Crippen LogP contribution is 2.34. The molecular weight excluding hydrogens is 430 g/mol. The first-order chi connectivity index (χ1) is 15.1. The molecule has 0 radical (unpaired) electrons. The molecule has 0 bridgehead atoms. The molecule has 32 heavy (non-hydrogen) atoms. The molecule has 1 amide bonds. The molecule has 2 aromatic heterocycles. The van der Waals surface area contributed by atoms with Crippen molar-refractivity contribution >= 4 is 27.3 Å². The maximum absolute atomic E-state index is 13.7. The summed E-state index contributed by atoms with van der Waals surface area (Å²) in [5.41, 5.74) is 3.69. The van der Waals surface area contributed by atoms with Gasteiger partial charge in [0.1, 0.15) is 5.65 Å². The average Bonchev–Trinajstić information content (AvgIpc) is 3.14. The Hall–Kier alpha value is -3.14. The zero-order valence-electron chi connectivity index (χ0n) is 18.6. The van der Waals surface area contributed by atoms with Crippen LogP contribution in [0.2, 0.25) is 0 Å². The van der Waals surface area contributed by atoms with Crippen molar-refractivity contribution in [2.45, 2.75) is 46.1 Å². The smallest absolute Gasteiger partial charge is 0.277 e. The number of anilines is 1. The van der Waals surface area contributed by atoms with E-state index in [0.29, 0.717) is 41.0 Å². The van der Waals surface area contributed by atoms with Crippen LogP contribution in [0, 0.1) is 20.8 Å². The molecule has 1 aliphatic heterocycles. The van der Waals surface area contributed by atoms with E-state index < -0.39 is 10.0 Å². The monoisotopic (exact) mass is 457 g/mol. The van der Waals surface area contributed by atoms with E-state index in [-0.39, 0.29) is 23.2 Å². The third-order valence-electron chi connectivity index (χ3n) is 6.01. The molecule has 0 aliphatic carbocycles. The van der Waals surface area contributed by atoms with Crippen LogP contribution in [0.15, 0.2) is 29.1 Å². The lowest BCUT2D eigenvalue weighted by atomic mass is 9.96. The van der Waals surface area contributed by atoms with E-state index in [1.54, 1.807) is 36.9 Å². The Balaban J connectivity index is 1.77. The molecule has 3 aromatic rings. The lowest BCUT2D eigenvalue weighted by Crippen LogP contribution is -2.39. The Morgan fingerprint density at radius 1 is 1.22 bits per heavy atom. The Morgan fingerprint density at radius 2 is 1.97 bits per heavy atom. The Labute approximate surface area is 186 Å². The van der Waals surface area contributed by atoms with Crippen LogP contribution in [-0.4, -0.2) is 46.6 Å². The second kappa shape index (κ2) is 8.09. The number of hydrogen-bond donors (Lipinski definition) is 2. The van der Waals surface area contributed by atoms with Gasteiger partial charge in [0.15, 0.2) is 0 Å². The van der Waals surface area contributed by atoms with Crippen LogP contribution in [0.5, 0.6) is 0 Å². The largest absolute Gasteiger partial charge is 0.343 e. The molecule has 2 N–H and O–H groups in total. The molecule has 9 nitrogen and oxygen atoms in total. The molecule has 1 atom stereocenters. The summed E-state index contributed by atoms with van der Waals surface area (Å²) >= 11 is 0. The maximum Gasteiger partial charge on any atom is 0.277 e. The number of aryl methyl sites for hydroxylation is 2. The van der Waals surface area contributed by atoms with Gasteiger partial charge in [-0.3, -0.25) is 14.3 Å². The quantitative estimate of drug-likeness (QED) is 0.625. The summed E-state index contributed by atoms with van der Waals surface area (Å²) in [7, 11) is -3.55. The van der Waals surface area contributed by atoms with Crippen molar-refractivity contribution in [3.05, 3.63) is 62.7 Å². The number of nitrogens with zero attached hydrogens (tertiary/aromatic N) is 3. The maximum atomic E-state index is 13.7. The van der Waals surface area contributed by atoms with E-state index in [0.717, 1.165) is 24.8 Å². The van der Waals surface area contributed by atoms with E-state index in [2.05, 4.69) is 14.8 Å². The highest BCUT2D eigenvalue weighted by Gasteiger charge is 2.33. The molecule has 1 fully saturated rings. The van der Waals surface area contributed by atoms with Crippen molar-refractivity contribution in [1.82, 2.24) is 19.5 Å². The van der Waals surface area contributed by atoms with Gasteiger partial charge < -0.3 is 9.88 Å². The van der Waals surface area contributed by atoms with Crippen molar-refractivity contribution in [2.24, 2.45) is 0 Å². The van der Waals surface area contributed by atoms with Crippen LogP contribution in [0.25, 0.3) is 5.65 Å².